The fourth-order valence-electron chi connectivity index (χ4n) is 9.94. The van der Waals surface area contributed by atoms with E-state index in [1.165, 1.54) is 32.1 Å². The molecule has 3 N–H and O–H groups in total. The number of aliphatic hydroxyl groups is 1. The van der Waals surface area contributed by atoms with E-state index in [0.717, 1.165) is 42.6 Å². The molecular weight excluding hydrogens is 478 g/mol. The fraction of sp³-hybridized carbons (Fsp3) is 0.875. The van der Waals surface area contributed by atoms with Crippen LogP contribution < -0.4 is 5.73 Å². The van der Waals surface area contributed by atoms with Gasteiger partial charge in [0.1, 0.15) is 6.04 Å². The highest BCUT2D eigenvalue weighted by atomic mass is 16.7. The summed E-state index contributed by atoms with van der Waals surface area (Å²) in [7, 11) is 0. The molecule has 1 spiro atoms. The van der Waals surface area contributed by atoms with Crippen molar-refractivity contribution in [3.63, 3.8) is 0 Å². The zero-order valence-electron chi connectivity index (χ0n) is 24.3. The van der Waals surface area contributed by atoms with Crippen LogP contribution in [0, 0.1) is 46.3 Å². The number of ether oxygens (including phenoxy) is 2. The van der Waals surface area contributed by atoms with Crippen LogP contribution in [0.1, 0.15) is 112 Å². The maximum Gasteiger partial charge on any atom is 0.326 e. The lowest BCUT2D eigenvalue weighted by atomic mass is 9.45. The van der Waals surface area contributed by atoms with E-state index in [1.807, 2.05) is 0 Å². The summed E-state index contributed by atoms with van der Waals surface area (Å²) in [5.41, 5.74) is 6.85. The van der Waals surface area contributed by atoms with Gasteiger partial charge in [0.2, 0.25) is 0 Å². The van der Waals surface area contributed by atoms with Crippen molar-refractivity contribution in [2.45, 2.75) is 130 Å². The third-order valence-electron chi connectivity index (χ3n) is 11.9. The van der Waals surface area contributed by atoms with Gasteiger partial charge in [-0.2, -0.15) is 0 Å². The Hall–Kier alpha value is -1.40. The molecule has 0 aromatic heterocycles. The molecule has 3 saturated carbocycles. The van der Waals surface area contributed by atoms with E-state index in [9.17, 15) is 14.7 Å². The normalized spacial score (nSPS) is 45.7. The van der Waals surface area contributed by atoms with Crippen molar-refractivity contribution < 1.29 is 24.2 Å². The van der Waals surface area contributed by atoms with Crippen LogP contribution in [-0.2, 0) is 19.1 Å². The number of esters is 2. The number of hydrogen-bond donors (Lipinski definition) is 2. The largest absolute Gasteiger partial charge is 0.421 e. The molecule has 6 nitrogen and oxygen atoms in total. The van der Waals surface area contributed by atoms with E-state index >= 15 is 0 Å². The molecule has 9 unspecified atom stereocenters. The number of carbonyl (C=O) groups excluding carboxylic acids is 2. The van der Waals surface area contributed by atoms with Crippen LogP contribution in [0.5, 0.6) is 0 Å². The molecule has 4 fully saturated rings. The Morgan fingerprint density at radius 2 is 1.82 bits per heavy atom. The minimum atomic E-state index is -1.50. The molecule has 0 amide bonds. The van der Waals surface area contributed by atoms with Crippen molar-refractivity contribution >= 4 is 11.9 Å². The summed E-state index contributed by atoms with van der Waals surface area (Å²) in [5.74, 6) is 1.14. The Bertz CT molecular complexity index is 961. The van der Waals surface area contributed by atoms with Crippen LogP contribution in [0.3, 0.4) is 0 Å². The van der Waals surface area contributed by atoms with Gasteiger partial charge in [0.25, 0.3) is 5.79 Å². The summed E-state index contributed by atoms with van der Waals surface area (Å²) in [6.45, 7) is 11.8. The van der Waals surface area contributed by atoms with Gasteiger partial charge >= 0.3 is 11.9 Å². The summed E-state index contributed by atoms with van der Waals surface area (Å²) in [5, 5.41) is 10.9. The predicted octanol–water partition coefficient (Wildman–Crippen LogP) is 5.90. The second-order valence-electron chi connectivity index (χ2n) is 14.4. The Kier molecular flexibility index (Phi) is 7.56. The highest BCUT2D eigenvalue weighted by Gasteiger charge is 2.69. The van der Waals surface area contributed by atoms with Crippen LogP contribution in [0.25, 0.3) is 0 Å². The van der Waals surface area contributed by atoms with E-state index < -0.39 is 29.3 Å². The lowest BCUT2D eigenvalue weighted by Crippen LogP contribution is -2.66. The summed E-state index contributed by atoms with van der Waals surface area (Å²) in [6.07, 6.45) is 12.2. The highest BCUT2D eigenvalue weighted by Crippen LogP contribution is 2.69. The lowest BCUT2D eigenvalue weighted by Gasteiger charge is -2.62. The molecule has 214 valence electrons. The molecule has 6 heteroatoms. The van der Waals surface area contributed by atoms with Crippen molar-refractivity contribution in [1.29, 1.82) is 0 Å². The zero-order valence-corrected chi connectivity index (χ0v) is 24.3. The fourth-order valence-corrected chi connectivity index (χ4v) is 9.94. The van der Waals surface area contributed by atoms with Crippen molar-refractivity contribution in [2.75, 3.05) is 0 Å². The van der Waals surface area contributed by atoms with E-state index in [-0.39, 0.29) is 31.1 Å². The van der Waals surface area contributed by atoms with Gasteiger partial charge in [-0.1, -0.05) is 58.6 Å². The molecular formula is C32H51NO5. The molecule has 0 aromatic rings. The third kappa shape index (κ3) is 4.46. The van der Waals surface area contributed by atoms with Gasteiger partial charge in [-0.25, -0.2) is 0 Å². The van der Waals surface area contributed by atoms with E-state index in [2.05, 4.69) is 40.7 Å². The number of carbonyl (C=O) groups is 2. The Balaban J connectivity index is 1.46. The maximum absolute atomic E-state index is 13.1. The first-order chi connectivity index (χ1) is 17.9. The van der Waals surface area contributed by atoms with Gasteiger partial charge in [-0.05, 0) is 92.8 Å². The number of hydrogen-bond acceptors (Lipinski definition) is 6. The quantitative estimate of drug-likeness (QED) is 0.340. The summed E-state index contributed by atoms with van der Waals surface area (Å²) < 4.78 is 12.3. The van der Waals surface area contributed by atoms with E-state index in [0.29, 0.717) is 23.7 Å². The van der Waals surface area contributed by atoms with Gasteiger partial charge in [-0.3, -0.25) is 9.59 Å². The van der Waals surface area contributed by atoms with Crippen molar-refractivity contribution in [3.05, 3.63) is 11.6 Å². The Morgan fingerprint density at radius 3 is 2.55 bits per heavy atom. The lowest BCUT2D eigenvalue weighted by molar-refractivity contribution is -0.302. The molecule has 1 saturated heterocycles. The molecule has 5 rings (SSSR count). The number of rotatable bonds is 5. The Morgan fingerprint density at radius 1 is 1.05 bits per heavy atom. The molecule has 38 heavy (non-hydrogen) atoms. The molecule has 1 heterocycles. The molecule has 1 aliphatic heterocycles. The van der Waals surface area contributed by atoms with Gasteiger partial charge < -0.3 is 20.3 Å². The first-order valence-corrected chi connectivity index (χ1v) is 15.5. The van der Waals surface area contributed by atoms with Crippen LogP contribution >= 0.6 is 0 Å². The minimum Gasteiger partial charge on any atom is -0.421 e. The SMILES string of the molecule is CC(C)CCCC(C)C1CCC2C3CC=C4CC(O)CC5(OC(=O)CC[C@@H](N)C(=O)O5)C4(C)C3CCC12C. The number of allylic oxidation sites excluding steroid dienone is 1. The maximum atomic E-state index is 13.1. The van der Waals surface area contributed by atoms with Crippen LogP contribution in [0.15, 0.2) is 11.6 Å². The highest BCUT2D eigenvalue weighted by molar-refractivity contribution is 5.79. The second-order valence-corrected chi connectivity index (χ2v) is 14.4. The molecule has 0 radical (unpaired) electrons. The van der Waals surface area contributed by atoms with E-state index in [1.54, 1.807) is 0 Å². The average Bonchev–Trinajstić information content (AvgIpc) is 3.20. The molecule has 5 aliphatic rings. The summed E-state index contributed by atoms with van der Waals surface area (Å²) in [4.78, 5) is 26.0. The average molecular weight is 530 g/mol. The molecule has 0 aromatic carbocycles. The first kappa shape index (κ1) is 28.1. The topological polar surface area (TPSA) is 98.9 Å². The molecule has 10 atom stereocenters. The predicted molar refractivity (Wildman–Crippen MR) is 147 cm³/mol. The minimum absolute atomic E-state index is 0.0917. The molecule has 0 bridgehead atoms. The molecule has 4 aliphatic carbocycles. The monoisotopic (exact) mass is 529 g/mol. The van der Waals surface area contributed by atoms with Gasteiger partial charge in [0.15, 0.2) is 0 Å². The second kappa shape index (κ2) is 10.2. The van der Waals surface area contributed by atoms with Gasteiger partial charge in [-0.15, -0.1) is 0 Å². The zero-order chi connectivity index (χ0) is 27.5. The van der Waals surface area contributed by atoms with Gasteiger partial charge in [0, 0.05) is 6.42 Å². The van der Waals surface area contributed by atoms with Crippen LogP contribution in [0.2, 0.25) is 0 Å². The van der Waals surface area contributed by atoms with Crippen LogP contribution in [0.4, 0.5) is 0 Å². The third-order valence-corrected chi connectivity index (χ3v) is 11.9. The van der Waals surface area contributed by atoms with Crippen molar-refractivity contribution in [2.24, 2.45) is 52.1 Å². The number of nitrogens with two attached hydrogens (primary N) is 1. The Labute approximate surface area is 229 Å². The number of fused-ring (bicyclic) bond motifs is 6. The van der Waals surface area contributed by atoms with E-state index in [4.69, 9.17) is 15.2 Å². The van der Waals surface area contributed by atoms with Crippen LogP contribution in [-0.4, -0.2) is 35.0 Å². The van der Waals surface area contributed by atoms with Gasteiger partial charge in [0.05, 0.1) is 17.9 Å². The van der Waals surface area contributed by atoms with Crippen molar-refractivity contribution in [3.8, 4) is 0 Å². The summed E-state index contributed by atoms with van der Waals surface area (Å²) in [6, 6.07) is -0.850. The number of aliphatic hydroxyl groups excluding tert-OH is 1. The standard InChI is InChI=1S/C32H51NO5/c1-19(2)7-6-8-20(3)24-11-12-25-23-10-9-21-17-22(34)18-32(31(21,5)26(23)15-16-30(24,25)4)37-28(35)14-13-27(33)29(36)38-32/h9,19-20,22-27,34H,6-8,10-18,33H2,1-5H3/t20?,22?,23?,24?,25?,26?,27-,30?,31?,32?/m1/s1. The van der Waals surface area contributed by atoms with Crippen molar-refractivity contribution in [1.82, 2.24) is 0 Å². The smallest absolute Gasteiger partial charge is 0.326 e. The summed E-state index contributed by atoms with van der Waals surface area (Å²) >= 11 is 0. The first-order valence-electron chi connectivity index (χ1n) is 15.5.